The molecule has 0 aromatic carbocycles. The Kier molecular flexibility index (Phi) is 4.83. The smallest absolute Gasteiger partial charge is 0.0777 e. The van der Waals surface area contributed by atoms with Gasteiger partial charge in [-0.05, 0) is 26.3 Å². The highest BCUT2D eigenvalue weighted by molar-refractivity contribution is 9.09. The maximum Gasteiger partial charge on any atom is 0.0777 e. The minimum atomic E-state index is -0.269. The van der Waals surface area contributed by atoms with Crippen molar-refractivity contribution in [1.82, 2.24) is 4.90 Å². The molecule has 0 saturated carbocycles. The van der Waals surface area contributed by atoms with Gasteiger partial charge in [0.15, 0.2) is 0 Å². The average molecular weight is 266 g/mol. The topological polar surface area (TPSA) is 32.7 Å². The van der Waals surface area contributed by atoms with Crippen LogP contribution in [0.1, 0.15) is 19.8 Å². The van der Waals surface area contributed by atoms with E-state index in [1.165, 1.54) is 0 Å². The van der Waals surface area contributed by atoms with Gasteiger partial charge in [-0.1, -0.05) is 15.9 Å². The van der Waals surface area contributed by atoms with E-state index in [9.17, 15) is 5.11 Å². The number of β-amino-alcohol motifs (C(OH)–C–C–N with tert-alkyl or cyclic N) is 1. The van der Waals surface area contributed by atoms with Crippen molar-refractivity contribution >= 4 is 15.9 Å². The molecule has 1 aliphatic heterocycles. The van der Waals surface area contributed by atoms with Gasteiger partial charge in [0, 0.05) is 25.5 Å². The minimum Gasteiger partial charge on any atom is -0.391 e. The Bertz CT molecular complexity index is 180. The first-order valence-corrected chi connectivity index (χ1v) is 6.23. The van der Waals surface area contributed by atoms with E-state index in [2.05, 4.69) is 27.8 Å². The zero-order valence-electron chi connectivity index (χ0n) is 9.00. The second-order valence-electron chi connectivity index (χ2n) is 4.30. The van der Waals surface area contributed by atoms with Gasteiger partial charge in [0.25, 0.3) is 0 Å². The summed E-state index contributed by atoms with van der Waals surface area (Å²) < 4.78 is 5.49. The van der Waals surface area contributed by atoms with Crippen LogP contribution in [0.2, 0.25) is 0 Å². The van der Waals surface area contributed by atoms with E-state index in [1.807, 2.05) is 0 Å². The van der Waals surface area contributed by atoms with Crippen LogP contribution in [-0.4, -0.2) is 53.8 Å². The molecule has 1 saturated heterocycles. The first-order valence-electron chi connectivity index (χ1n) is 5.11. The quantitative estimate of drug-likeness (QED) is 0.777. The van der Waals surface area contributed by atoms with Gasteiger partial charge in [-0.3, -0.25) is 4.90 Å². The molecule has 0 bridgehead atoms. The number of hydrogen-bond donors (Lipinski definition) is 1. The molecule has 84 valence electrons. The van der Waals surface area contributed by atoms with Gasteiger partial charge in [-0.25, -0.2) is 0 Å². The summed E-state index contributed by atoms with van der Waals surface area (Å²) in [7, 11) is 1.77. The second kappa shape index (κ2) is 5.45. The van der Waals surface area contributed by atoms with Crippen LogP contribution in [0, 0.1) is 0 Å². The van der Waals surface area contributed by atoms with Gasteiger partial charge >= 0.3 is 0 Å². The summed E-state index contributed by atoms with van der Waals surface area (Å²) in [5, 5.41) is 10.2. The number of methoxy groups -OCH3 is 1. The van der Waals surface area contributed by atoms with Gasteiger partial charge < -0.3 is 9.84 Å². The third-order valence-corrected chi connectivity index (χ3v) is 3.63. The Labute approximate surface area is 94.6 Å². The highest BCUT2D eigenvalue weighted by Gasteiger charge is 2.31. The molecule has 1 N–H and O–H groups in total. The lowest BCUT2D eigenvalue weighted by Gasteiger charge is -2.40. The number of alkyl halides is 1. The molecule has 1 aliphatic rings. The lowest BCUT2D eigenvalue weighted by atomic mass is 9.94. The molecular weight excluding hydrogens is 246 g/mol. The number of likely N-dealkylation sites (tertiary alicyclic amines) is 1. The number of ether oxygens (including phenoxy) is 1. The number of aliphatic hydroxyl groups excluding tert-OH is 1. The van der Waals surface area contributed by atoms with Crippen LogP contribution >= 0.6 is 15.9 Å². The first kappa shape index (κ1) is 12.4. The lowest BCUT2D eigenvalue weighted by Crippen LogP contribution is -2.49. The van der Waals surface area contributed by atoms with Crippen LogP contribution in [0.3, 0.4) is 0 Å². The Morgan fingerprint density at radius 2 is 2.36 bits per heavy atom. The van der Waals surface area contributed by atoms with E-state index >= 15 is 0 Å². The average Bonchev–Trinajstić information content (AvgIpc) is 2.18. The van der Waals surface area contributed by atoms with Gasteiger partial charge in [-0.15, -0.1) is 0 Å². The molecule has 4 heteroatoms. The van der Waals surface area contributed by atoms with E-state index in [-0.39, 0.29) is 11.7 Å². The Balaban J connectivity index is 2.40. The van der Waals surface area contributed by atoms with E-state index in [0.717, 1.165) is 32.5 Å². The summed E-state index contributed by atoms with van der Waals surface area (Å²) in [6, 6.07) is 0. The van der Waals surface area contributed by atoms with Crippen molar-refractivity contribution in [2.75, 3.05) is 32.1 Å². The molecule has 1 fully saturated rings. The van der Waals surface area contributed by atoms with E-state index in [1.54, 1.807) is 7.11 Å². The fourth-order valence-corrected chi connectivity index (χ4v) is 2.18. The zero-order chi connectivity index (χ0) is 10.6. The number of aliphatic hydroxyl groups is 1. The molecular formula is C10H20BrNO2. The van der Waals surface area contributed by atoms with Crippen molar-refractivity contribution in [2.24, 2.45) is 0 Å². The first-order chi connectivity index (χ1) is 6.59. The van der Waals surface area contributed by atoms with Crippen LogP contribution < -0.4 is 0 Å². The van der Waals surface area contributed by atoms with Crippen molar-refractivity contribution in [3.05, 3.63) is 0 Å². The molecule has 2 atom stereocenters. The van der Waals surface area contributed by atoms with Crippen molar-refractivity contribution in [1.29, 1.82) is 0 Å². The maximum absolute atomic E-state index is 9.52. The van der Waals surface area contributed by atoms with Crippen molar-refractivity contribution in [2.45, 2.75) is 31.5 Å². The normalized spacial score (nSPS) is 31.7. The molecule has 0 amide bonds. The molecule has 0 radical (unpaired) electrons. The molecule has 0 aromatic heterocycles. The standard InChI is InChI=1S/C10H20BrNO2/c1-10(14-2)4-3-5-12(8-10)7-9(13)6-11/h9,13H,3-8H2,1-2H3. The van der Waals surface area contributed by atoms with Crippen LogP contribution in [0.5, 0.6) is 0 Å². The molecule has 3 nitrogen and oxygen atoms in total. The Hall–Kier alpha value is 0.360. The minimum absolute atomic E-state index is 0.0235. The van der Waals surface area contributed by atoms with Crippen LogP contribution in [0.15, 0.2) is 0 Å². The van der Waals surface area contributed by atoms with Crippen LogP contribution in [0.25, 0.3) is 0 Å². The largest absolute Gasteiger partial charge is 0.391 e. The number of halogens is 1. The zero-order valence-corrected chi connectivity index (χ0v) is 10.6. The molecule has 1 rings (SSSR count). The Morgan fingerprint density at radius 3 is 2.93 bits per heavy atom. The summed E-state index contributed by atoms with van der Waals surface area (Å²) in [4.78, 5) is 2.28. The highest BCUT2D eigenvalue weighted by Crippen LogP contribution is 2.23. The summed E-state index contributed by atoms with van der Waals surface area (Å²) in [6.07, 6.45) is 2.00. The molecule has 1 heterocycles. The SMILES string of the molecule is COC1(C)CCCN(CC(O)CBr)C1. The molecule has 0 spiro atoms. The maximum atomic E-state index is 9.52. The van der Waals surface area contributed by atoms with Crippen LogP contribution in [0.4, 0.5) is 0 Å². The third-order valence-electron chi connectivity index (χ3n) is 2.88. The molecule has 14 heavy (non-hydrogen) atoms. The van der Waals surface area contributed by atoms with E-state index in [0.29, 0.717) is 5.33 Å². The number of nitrogens with zero attached hydrogens (tertiary/aromatic N) is 1. The van der Waals surface area contributed by atoms with Crippen LogP contribution in [-0.2, 0) is 4.74 Å². The number of hydrogen-bond acceptors (Lipinski definition) is 3. The fraction of sp³-hybridized carbons (Fsp3) is 1.00. The monoisotopic (exact) mass is 265 g/mol. The summed E-state index contributed by atoms with van der Waals surface area (Å²) in [5.41, 5.74) is -0.0235. The highest BCUT2D eigenvalue weighted by atomic mass is 79.9. The molecule has 0 aliphatic carbocycles. The predicted octanol–water partition coefficient (Wildman–Crippen LogP) is 1.24. The van der Waals surface area contributed by atoms with E-state index in [4.69, 9.17) is 4.74 Å². The third kappa shape index (κ3) is 3.50. The van der Waals surface area contributed by atoms with Crippen molar-refractivity contribution in [3.8, 4) is 0 Å². The predicted molar refractivity (Wildman–Crippen MR) is 60.9 cm³/mol. The molecule has 2 unspecified atom stereocenters. The molecule has 0 aromatic rings. The summed E-state index contributed by atoms with van der Waals surface area (Å²) in [6.45, 7) is 4.88. The van der Waals surface area contributed by atoms with Gasteiger partial charge in [0.05, 0.1) is 11.7 Å². The van der Waals surface area contributed by atoms with E-state index < -0.39 is 0 Å². The fourth-order valence-electron chi connectivity index (χ4n) is 1.98. The Morgan fingerprint density at radius 1 is 1.64 bits per heavy atom. The van der Waals surface area contributed by atoms with Crippen molar-refractivity contribution in [3.63, 3.8) is 0 Å². The summed E-state index contributed by atoms with van der Waals surface area (Å²) in [5.74, 6) is 0. The van der Waals surface area contributed by atoms with Crippen molar-refractivity contribution < 1.29 is 9.84 Å². The van der Waals surface area contributed by atoms with Gasteiger partial charge in [0.2, 0.25) is 0 Å². The number of rotatable bonds is 4. The van der Waals surface area contributed by atoms with Gasteiger partial charge in [0.1, 0.15) is 0 Å². The summed E-state index contributed by atoms with van der Waals surface area (Å²) >= 11 is 3.28. The second-order valence-corrected chi connectivity index (χ2v) is 4.95. The number of piperidine rings is 1. The van der Waals surface area contributed by atoms with Gasteiger partial charge in [-0.2, -0.15) is 0 Å². The lowest BCUT2D eigenvalue weighted by molar-refractivity contribution is -0.0570.